The van der Waals surface area contributed by atoms with E-state index in [4.69, 9.17) is 13.9 Å². The number of oxazole rings is 1. The van der Waals surface area contributed by atoms with Crippen LogP contribution in [0.1, 0.15) is 39.0 Å². The molecule has 0 radical (unpaired) electrons. The van der Waals surface area contributed by atoms with Gasteiger partial charge in [-0.1, -0.05) is 30.3 Å². The smallest absolute Gasteiger partial charge is 0.410 e. The topological polar surface area (TPSA) is 81.9 Å². The Bertz CT molecular complexity index is 825. The number of carbonyl (C=O) groups excluding carboxylic acids is 2. The number of carbonyl (C=O) groups is 2. The molecule has 0 spiro atoms. The maximum atomic E-state index is 12.4. The minimum absolute atomic E-state index is 0.204. The van der Waals surface area contributed by atoms with E-state index in [0.717, 1.165) is 5.56 Å². The van der Waals surface area contributed by atoms with Crippen molar-refractivity contribution < 1.29 is 23.5 Å². The van der Waals surface area contributed by atoms with E-state index in [1.165, 1.54) is 7.11 Å². The van der Waals surface area contributed by atoms with Crippen LogP contribution in [0.4, 0.5) is 4.79 Å². The van der Waals surface area contributed by atoms with Crippen molar-refractivity contribution in [1.29, 1.82) is 0 Å². The van der Waals surface area contributed by atoms with Gasteiger partial charge in [0.05, 0.1) is 25.1 Å². The van der Waals surface area contributed by atoms with Gasteiger partial charge in [0.1, 0.15) is 5.60 Å². The molecule has 1 aliphatic heterocycles. The highest BCUT2D eigenvalue weighted by Crippen LogP contribution is 2.35. The summed E-state index contributed by atoms with van der Waals surface area (Å²) >= 11 is 0. The van der Waals surface area contributed by atoms with Crippen LogP contribution in [-0.4, -0.2) is 47.7 Å². The second-order valence-corrected chi connectivity index (χ2v) is 7.88. The van der Waals surface area contributed by atoms with E-state index >= 15 is 0 Å². The molecule has 0 saturated carbocycles. The molecule has 28 heavy (non-hydrogen) atoms. The monoisotopic (exact) mass is 386 g/mol. The Kier molecular flexibility index (Phi) is 5.72. The molecular weight excluding hydrogens is 360 g/mol. The molecule has 7 nitrogen and oxygen atoms in total. The van der Waals surface area contributed by atoms with Gasteiger partial charge in [0.15, 0.2) is 11.7 Å². The maximum Gasteiger partial charge on any atom is 0.410 e. The minimum atomic E-state index is -0.595. The van der Waals surface area contributed by atoms with E-state index < -0.39 is 23.6 Å². The molecule has 1 amide bonds. The van der Waals surface area contributed by atoms with Crippen LogP contribution >= 0.6 is 0 Å². The standard InChI is InChI=1S/C21H26N2O5/c1-21(2,3)28-20(25)23-11-10-15(16(13-23)19(24)26-4)18-22-12-17(27-18)14-8-6-5-7-9-14/h5-9,12,15-16H,10-11,13H2,1-4H3/t15-,16?/m0/s1. The van der Waals surface area contributed by atoms with Gasteiger partial charge in [0.2, 0.25) is 0 Å². The van der Waals surface area contributed by atoms with Crippen molar-refractivity contribution in [1.82, 2.24) is 9.88 Å². The fraction of sp³-hybridized carbons (Fsp3) is 0.476. The van der Waals surface area contributed by atoms with Crippen LogP contribution in [0.15, 0.2) is 40.9 Å². The molecule has 0 N–H and O–H groups in total. The first-order valence-corrected chi connectivity index (χ1v) is 9.35. The van der Waals surface area contributed by atoms with E-state index in [2.05, 4.69) is 4.98 Å². The number of rotatable bonds is 3. The zero-order valence-electron chi connectivity index (χ0n) is 16.7. The largest absolute Gasteiger partial charge is 0.469 e. The number of likely N-dealkylation sites (tertiary alicyclic amines) is 1. The van der Waals surface area contributed by atoms with E-state index in [1.54, 1.807) is 11.1 Å². The molecule has 0 aliphatic carbocycles. The molecule has 1 fully saturated rings. The Balaban J connectivity index is 1.79. The van der Waals surface area contributed by atoms with Crippen LogP contribution < -0.4 is 0 Å². The molecule has 2 atom stereocenters. The number of esters is 1. The normalized spacial score (nSPS) is 19.9. The van der Waals surface area contributed by atoms with Crippen molar-refractivity contribution in [2.24, 2.45) is 5.92 Å². The molecule has 0 bridgehead atoms. The number of benzene rings is 1. The molecule has 1 saturated heterocycles. The molecule has 150 valence electrons. The quantitative estimate of drug-likeness (QED) is 0.745. The molecule has 3 rings (SSSR count). The van der Waals surface area contributed by atoms with Crippen LogP contribution in [0.25, 0.3) is 11.3 Å². The number of aromatic nitrogens is 1. The van der Waals surface area contributed by atoms with E-state index in [0.29, 0.717) is 24.6 Å². The van der Waals surface area contributed by atoms with Gasteiger partial charge in [-0.3, -0.25) is 4.79 Å². The number of methoxy groups -OCH3 is 1. The van der Waals surface area contributed by atoms with Gasteiger partial charge in [-0.15, -0.1) is 0 Å². The van der Waals surface area contributed by atoms with Crippen LogP contribution in [-0.2, 0) is 14.3 Å². The van der Waals surface area contributed by atoms with Crippen LogP contribution in [0, 0.1) is 5.92 Å². The van der Waals surface area contributed by atoms with E-state index in [1.807, 2.05) is 51.1 Å². The van der Waals surface area contributed by atoms with Crippen LogP contribution in [0.5, 0.6) is 0 Å². The summed E-state index contributed by atoms with van der Waals surface area (Å²) in [4.78, 5) is 30.8. The molecule has 1 aromatic heterocycles. The van der Waals surface area contributed by atoms with Gasteiger partial charge < -0.3 is 18.8 Å². The second kappa shape index (κ2) is 8.04. The third-order valence-electron chi connectivity index (χ3n) is 4.67. The zero-order valence-corrected chi connectivity index (χ0v) is 16.7. The van der Waals surface area contributed by atoms with Gasteiger partial charge in [-0.25, -0.2) is 9.78 Å². The average Bonchev–Trinajstić information content (AvgIpc) is 3.16. The van der Waals surface area contributed by atoms with Crippen molar-refractivity contribution in [3.63, 3.8) is 0 Å². The number of amides is 1. The average molecular weight is 386 g/mol. The molecular formula is C21H26N2O5. The van der Waals surface area contributed by atoms with Crippen molar-refractivity contribution in [2.45, 2.75) is 38.7 Å². The van der Waals surface area contributed by atoms with Crippen LogP contribution in [0.2, 0.25) is 0 Å². The van der Waals surface area contributed by atoms with Crippen molar-refractivity contribution in [3.05, 3.63) is 42.4 Å². The molecule has 1 unspecified atom stereocenters. The highest BCUT2D eigenvalue weighted by molar-refractivity contribution is 5.76. The lowest BCUT2D eigenvalue weighted by atomic mass is 9.85. The maximum absolute atomic E-state index is 12.4. The first-order valence-electron chi connectivity index (χ1n) is 9.35. The number of hydrogen-bond acceptors (Lipinski definition) is 6. The molecule has 2 heterocycles. The van der Waals surface area contributed by atoms with Gasteiger partial charge >= 0.3 is 12.1 Å². The van der Waals surface area contributed by atoms with E-state index in [-0.39, 0.29) is 12.5 Å². The third-order valence-corrected chi connectivity index (χ3v) is 4.67. The number of ether oxygens (including phenoxy) is 2. The molecule has 7 heteroatoms. The van der Waals surface area contributed by atoms with Crippen LogP contribution in [0.3, 0.4) is 0 Å². The lowest BCUT2D eigenvalue weighted by molar-refractivity contribution is -0.148. The van der Waals surface area contributed by atoms with E-state index in [9.17, 15) is 9.59 Å². The second-order valence-electron chi connectivity index (χ2n) is 7.88. The summed E-state index contributed by atoms with van der Waals surface area (Å²) in [6.45, 7) is 6.10. The first-order chi connectivity index (χ1) is 13.3. The van der Waals surface area contributed by atoms with Gasteiger partial charge in [-0.05, 0) is 27.2 Å². The third kappa shape index (κ3) is 4.52. The minimum Gasteiger partial charge on any atom is -0.469 e. The van der Waals surface area contributed by atoms with Crippen molar-refractivity contribution >= 4 is 12.1 Å². The summed E-state index contributed by atoms with van der Waals surface area (Å²) < 4.78 is 16.4. The lowest BCUT2D eigenvalue weighted by Gasteiger charge is -2.36. The van der Waals surface area contributed by atoms with Crippen molar-refractivity contribution in [3.8, 4) is 11.3 Å². The molecule has 1 aliphatic rings. The van der Waals surface area contributed by atoms with Gasteiger partial charge in [0.25, 0.3) is 0 Å². The summed E-state index contributed by atoms with van der Waals surface area (Å²) in [5.41, 5.74) is 0.323. The SMILES string of the molecule is COC(=O)C1CN(C(=O)OC(C)(C)C)CC[C@@H]1c1ncc(-c2ccccc2)o1. The predicted molar refractivity (Wildman–Crippen MR) is 103 cm³/mol. The summed E-state index contributed by atoms with van der Waals surface area (Å²) in [6.07, 6.45) is 1.77. The Morgan fingerprint density at radius 2 is 1.93 bits per heavy atom. The Morgan fingerprint density at radius 1 is 1.21 bits per heavy atom. The number of hydrogen-bond donors (Lipinski definition) is 0. The Hall–Kier alpha value is -2.83. The Labute approximate surface area is 164 Å². The Morgan fingerprint density at radius 3 is 2.57 bits per heavy atom. The van der Waals surface area contributed by atoms with Crippen molar-refractivity contribution in [2.75, 3.05) is 20.2 Å². The summed E-state index contributed by atoms with van der Waals surface area (Å²) in [5.74, 6) is -0.0817. The summed E-state index contributed by atoms with van der Waals surface area (Å²) in [7, 11) is 1.34. The lowest BCUT2D eigenvalue weighted by Crippen LogP contribution is -2.47. The fourth-order valence-electron chi connectivity index (χ4n) is 3.33. The predicted octanol–water partition coefficient (Wildman–Crippen LogP) is 3.86. The van der Waals surface area contributed by atoms with Gasteiger partial charge in [-0.2, -0.15) is 0 Å². The molecule has 2 aromatic rings. The first kappa shape index (κ1) is 19.9. The number of piperidine rings is 1. The fourth-order valence-corrected chi connectivity index (χ4v) is 3.33. The summed E-state index contributed by atoms with van der Waals surface area (Å²) in [6, 6.07) is 9.66. The highest BCUT2D eigenvalue weighted by atomic mass is 16.6. The number of nitrogens with zero attached hydrogens (tertiary/aromatic N) is 2. The van der Waals surface area contributed by atoms with Gasteiger partial charge in [0, 0.05) is 18.7 Å². The highest BCUT2D eigenvalue weighted by Gasteiger charge is 2.41. The molecule has 1 aromatic carbocycles. The zero-order chi connectivity index (χ0) is 20.3. The summed E-state index contributed by atoms with van der Waals surface area (Å²) in [5, 5.41) is 0.